The molecule has 162 valence electrons. The van der Waals surface area contributed by atoms with Crippen LogP contribution in [0.15, 0.2) is 87.3 Å². The zero-order chi connectivity index (χ0) is 22.9. The van der Waals surface area contributed by atoms with Crippen molar-refractivity contribution in [3.05, 3.63) is 106 Å². The average Bonchev–Trinajstić information content (AvgIpc) is 3.24. The van der Waals surface area contributed by atoms with Gasteiger partial charge in [0.2, 0.25) is 10.6 Å². The zero-order valence-corrected chi connectivity index (χ0v) is 18.2. The minimum absolute atomic E-state index is 0.183. The van der Waals surface area contributed by atoms with E-state index in [4.69, 9.17) is 4.42 Å². The molecule has 5 rings (SSSR count). The molecule has 5 aromatic rings. The first-order chi connectivity index (χ1) is 16.0. The number of para-hydroxylation sites is 1. The van der Waals surface area contributed by atoms with Crippen LogP contribution in [-0.4, -0.2) is 17.1 Å². The molecule has 0 N–H and O–H groups in total. The summed E-state index contributed by atoms with van der Waals surface area (Å²) in [6.45, 7) is 1.92. The van der Waals surface area contributed by atoms with Crippen molar-refractivity contribution in [2.45, 2.75) is 6.92 Å². The molecule has 6 nitrogen and oxygen atoms in total. The van der Waals surface area contributed by atoms with E-state index in [0.717, 1.165) is 21.9 Å². The van der Waals surface area contributed by atoms with E-state index >= 15 is 0 Å². The molecule has 0 unspecified atom stereocenters. The Morgan fingerprint density at radius 3 is 2.73 bits per heavy atom. The van der Waals surface area contributed by atoms with Gasteiger partial charge in [0.25, 0.3) is 5.91 Å². The standard InChI is InChI=1S/C25H16FN3O3S/c1-15-6-8-16(9-7-15)24(31)29(25-28-20-11-10-18(26)12-22(20)33-25)27-13-17-14-32-21-5-3-2-4-19(21)23(17)30/h2-14H,1H3/b27-13+. The second-order valence-corrected chi connectivity index (χ2v) is 8.36. The Hall–Kier alpha value is -4.17. The molecular formula is C25H16FN3O3S. The minimum Gasteiger partial charge on any atom is -0.463 e. The molecule has 0 saturated carbocycles. The Morgan fingerprint density at radius 2 is 1.91 bits per heavy atom. The van der Waals surface area contributed by atoms with Crippen LogP contribution in [0.2, 0.25) is 0 Å². The smallest absolute Gasteiger partial charge is 0.280 e. The number of hydrogen-bond donors (Lipinski definition) is 0. The van der Waals surface area contributed by atoms with E-state index in [1.807, 2.05) is 19.1 Å². The van der Waals surface area contributed by atoms with Crippen LogP contribution in [0, 0.1) is 12.7 Å². The van der Waals surface area contributed by atoms with Crippen molar-refractivity contribution in [3.8, 4) is 0 Å². The number of carbonyl (C=O) groups excluding carboxylic acids is 1. The summed E-state index contributed by atoms with van der Waals surface area (Å²) in [4.78, 5) is 30.6. The highest BCUT2D eigenvalue weighted by Crippen LogP contribution is 2.30. The summed E-state index contributed by atoms with van der Waals surface area (Å²) >= 11 is 1.13. The number of nitrogens with zero attached hydrogens (tertiary/aromatic N) is 3. The van der Waals surface area contributed by atoms with Crippen molar-refractivity contribution in [2.75, 3.05) is 5.01 Å². The molecule has 0 radical (unpaired) electrons. The zero-order valence-electron chi connectivity index (χ0n) is 17.4. The van der Waals surface area contributed by atoms with Crippen molar-refractivity contribution < 1.29 is 13.6 Å². The highest BCUT2D eigenvalue weighted by atomic mass is 32.1. The fourth-order valence-corrected chi connectivity index (χ4v) is 4.23. The van der Waals surface area contributed by atoms with Gasteiger partial charge in [-0.05, 0) is 49.4 Å². The van der Waals surface area contributed by atoms with E-state index in [2.05, 4.69) is 10.1 Å². The third-order valence-corrected chi connectivity index (χ3v) is 6.02. The molecule has 2 aromatic heterocycles. The van der Waals surface area contributed by atoms with Crippen LogP contribution in [0.4, 0.5) is 9.52 Å². The molecule has 0 aliphatic carbocycles. The summed E-state index contributed by atoms with van der Waals surface area (Å²) in [6.07, 6.45) is 2.58. The average molecular weight is 457 g/mol. The number of carbonyl (C=O) groups is 1. The molecule has 0 aliphatic rings. The topological polar surface area (TPSA) is 75.8 Å². The van der Waals surface area contributed by atoms with E-state index in [1.165, 1.54) is 24.6 Å². The number of hydrazone groups is 1. The monoisotopic (exact) mass is 457 g/mol. The van der Waals surface area contributed by atoms with Crippen molar-refractivity contribution in [1.29, 1.82) is 0 Å². The van der Waals surface area contributed by atoms with Gasteiger partial charge >= 0.3 is 0 Å². The SMILES string of the molecule is Cc1ccc(C(=O)N(/N=C/c2coc3ccccc3c2=O)c2nc3ccc(F)cc3s2)cc1. The maximum atomic E-state index is 13.7. The Morgan fingerprint density at radius 1 is 1.12 bits per heavy atom. The first-order valence-electron chi connectivity index (χ1n) is 10.0. The number of anilines is 1. The predicted molar refractivity (Wildman–Crippen MR) is 128 cm³/mol. The van der Waals surface area contributed by atoms with Gasteiger partial charge in [-0.15, -0.1) is 0 Å². The normalized spacial score (nSPS) is 11.5. The summed E-state index contributed by atoms with van der Waals surface area (Å²) in [5.74, 6) is -0.831. The van der Waals surface area contributed by atoms with E-state index in [1.54, 1.807) is 42.5 Å². The molecule has 3 aromatic carbocycles. The maximum Gasteiger partial charge on any atom is 0.280 e. The number of hydrogen-bond acceptors (Lipinski definition) is 6. The molecule has 0 saturated heterocycles. The van der Waals surface area contributed by atoms with Gasteiger partial charge in [-0.25, -0.2) is 9.37 Å². The fraction of sp³-hybridized carbons (Fsp3) is 0.0400. The van der Waals surface area contributed by atoms with Crippen LogP contribution in [-0.2, 0) is 0 Å². The highest BCUT2D eigenvalue weighted by Gasteiger charge is 2.21. The first kappa shape index (κ1) is 20.7. The van der Waals surface area contributed by atoms with Crippen molar-refractivity contribution in [1.82, 2.24) is 4.98 Å². The lowest BCUT2D eigenvalue weighted by Crippen LogP contribution is -2.26. The van der Waals surface area contributed by atoms with Crippen LogP contribution in [0.5, 0.6) is 0 Å². The predicted octanol–water partition coefficient (Wildman–Crippen LogP) is 5.53. The van der Waals surface area contributed by atoms with Crippen LogP contribution < -0.4 is 10.4 Å². The van der Waals surface area contributed by atoms with E-state index in [9.17, 15) is 14.0 Å². The van der Waals surface area contributed by atoms with Gasteiger partial charge < -0.3 is 4.42 Å². The third-order valence-electron chi connectivity index (χ3n) is 5.03. The van der Waals surface area contributed by atoms with Crippen LogP contribution in [0.3, 0.4) is 0 Å². The van der Waals surface area contributed by atoms with E-state index in [-0.39, 0.29) is 16.1 Å². The molecule has 0 bridgehead atoms. The first-order valence-corrected chi connectivity index (χ1v) is 10.8. The van der Waals surface area contributed by atoms with Gasteiger partial charge in [0, 0.05) is 5.56 Å². The maximum absolute atomic E-state index is 13.7. The van der Waals surface area contributed by atoms with E-state index in [0.29, 0.717) is 26.7 Å². The second kappa shape index (κ2) is 8.40. The second-order valence-electron chi connectivity index (χ2n) is 7.35. The number of halogens is 1. The van der Waals surface area contributed by atoms with E-state index < -0.39 is 11.7 Å². The number of rotatable bonds is 4. The number of benzene rings is 3. The third kappa shape index (κ3) is 4.04. The number of aryl methyl sites for hydroxylation is 1. The van der Waals surface area contributed by atoms with Gasteiger partial charge in [0.05, 0.1) is 27.4 Å². The molecule has 1 amide bonds. The number of amides is 1. The largest absolute Gasteiger partial charge is 0.463 e. The molecular weight excluding hydrogens is 441 g/mol. The molecule has 0 aliphatic heterocycles. The summed E-state index contributed by atoms with van der Waals surface area (Å²) in [7, 11) is 0. The van der Waals surface area contributed by atoms with Crippen molar-refractivity contribution in [3.63, 3.8) is 0 Å². The molecule has 2 heterocycles. The Labute approximate surface area is 191 Å². The Kier molecular flexibility index (Phi) is 5.27. The lowest BCUT2D eigenvalue weighted by Gasteiger charge is -2.14. The van der Waals surface area contributed by atoms with Crippen LogP contribution >= 0.6 is 11.3 Å². The highest BCUT2D eigenvalue weighted by molar-refractivity contribution is 7.22. The van der Waals surface area contributed by atoms with Gasteiger partial charge in [-0.1, -0.05) is 41.2 Å². The van der Waals surface area contributed by atoms with Gasteiger partial charge in [0.15, 0.2) is 0 Å². The van der Waals surface area contributed by atoms with Crippen molar-refractivity contribution >= 4 is 49.8 Å². The number of aromatic nitrogens is 1. The number of thiazole rings is 1. The van der Waals surface area contributed by atoms with Gasteiger partial charge in [-0.3, -0.25) is 9.59 Å². The van der Waals surface area contributed by atoms with Gasteiger partial charge in [-0.2, -0.15) is 10.1 Å². The Bertz CT molecular complexity index is 1590. The quantitative estimate of drug-likeness (QED) is 0.263. The summed E-state index contributed by atoms with van der Waals surface area (Å²) in [5, 5.41) is 6.08. The molecule has 0 spiro atoms. The summed E-state index contributed by atoms with van der Waals surface area (Å²) in [6, 6.07) is 18.1. The minimum atomic E-state index is -0.434. The molecule has 0 atom stereocenters. The van der Waals surface area contributed by atoms with Crippen molar-refractivity contribution in [2.24, 2.45) is 5.10 Å². The molecule has 8 heteroatoms. The lowest BCUT2D eigenvalue weighted by molar-refractivity contribution is 0.0988. The lowest BCUT2D eigenvalue weighted by atomic mass is 10.1. The molecule has 0 fully saturated rings. The molecule has 33 heavy (non-hydrogen) atoms. The number of fused-ring (bicyclic) bond motifs is 2. The fourth-order valence-electron chi connectivity index (χ4n) is 3.29. The Balaban J connectivity index is 1.60. The van der Waals surface area contributed by atoms with Gasteiger partial charge in [0.1, 0.15) is 17.7 Å². The summed E-state index contributed by atoms with van der Waals surface area (Å²) < 4.78 is 19.8. The summed E-state index contributed by atoms with van der Waals surface area (Å²) in [5.41, 5.74) is 2.32. The van der Waals surface area contributed by atoms with Crippen LogP contribution in [0.25, 0.3) is 21.2 Å². The van der Waals surface area contributed by atoms with Crippen LogP contribution in [0.1, 0.15) is 21.5 Å².